The largest absolute Gasteiger partial charge is 0.465 e. The van der Waals surface area contributed by atoms with Crippen LogP contribution in [-0.2, 0) is 19.1 Å². The predicted molar refractivity (Wildman–Crippen MR) is 86.5 cm³/mol. The van der Waals surface area contributed by atoms with Crippen molar-refractivity contribution in [3.8, 4) is 0 Å². The molecule has 2 saturated carbocycles. The number of esters is 2. The summed E-state index contributed by atoms with van der Waals surface area (Å²) in [5.74, 6) is 2.21. The summed E-state index contributed by atoms with van der Waals surface area (Å²) >= 11 is 0. The molecule has 0 aromatic heterocycles. The van der Waals surface area contributed by atoms with Gasteiger partial charge in [-0.25, -0.2) is 4.79 Å². The summed E-state index contributed by atoms with van der Waals surface area (Å²) in [6, 6.07) is 0. The number of ether oxygens (including phenoxy) is 2. The van der Waals surface area contributed by atoms with E-state index in [2.05, 4.69) is 6.58 Å². The van der Waals surface area contributed by atoms with Crippen molar-refractivity contribution < 1.29 is 19.1 Å². The zero-order valence-electron chi connectivity index (χ0n) is 13.9. The van der Waals surface area contributed by atoms with E-state index >= 15 is 0 Å². The molecule has 3 aliphatic rings. The van der Waals surface area contributed by atoms with E-state index in [9.17, 15) is 9.59 Å². The van der Waals surface area contributed by atoms with Crippen molar-refractivity contribution in [1.29, 1.82) is 0 Å². The maximum atomic E-state index is 11.4. The summed E-state index contributed by atoms with van der Waals surface area (Å²) in [4.78, 5) is 22.5. The van der Waals surface area contributed by atoms with Gasteiger partial charge < -0.3 is 9.47 Å². The van der Waals surface area contributed by atoms with Crippen LogP contribution in [0.1, 0.15) is 57.8 Å². The van der Waals surface area contributed by atoms with Crippen LogP contribution in [0.25, 0.3) is 0 Å². The second-order valence-electron chi connectivity index (χ2n) is 7.57. The quantitative estimate of drug-likeness (QED) is 0.389. The van der Waals surface area contributed by atoms with Crippen LogP contribution in [0.2, 0.25) is 0 Å². The highest BCUT2D eigenvalue weighted by molar-refractivity contribution is 5.81. The first-order valence-electron chi connectivity index (χ1n) is 9.14. The molecule has 2 bridgehead atoms. The van der Waals surface area contributed by atoms with Crippen molar-refractivity contribution in [1.82, 2.24) is 0 Å². The fourth-order valence-electron chi connectivity index (χ4n) is 4.86. The summed E-state index contributed by atoms with van der Waals surface area (Å²) < 4.78 is 10.5. The Morgan fingerprint density at radius 2 is 2.04 bits per heavy atom. The molecule has 4 nitrogen and oxygen atoms in total. The van der Waals surface area contributed by atoms with Gasteiger partial charge >= 0.3 is 11.9 Å². The molecule has 4 heteroatoms. The maximum Gasteiger partial charge on any atom is 0.330 e. The standard InChI is InChI=1S/C19H28O4/c1-2-18(20)23-17-10-14-8-15(16(17)9-14)7-5-3-4-6-13-11-19(21)22-12-13/h2,13-17H,1,3-12H2. The number of unbranched alkanes of at least 4 members (excludes halogenated alkanes) is 2. The third-order valence-corrected chi connectivity index (χ3v) is 5.95. The summed E-state index contributed by atoms with van der Waals surface area (Å²) in [7, 11) is 0. The smallest absolute Gasteiger partial charge is 0.330 e. The summed E-state index contributed by atoms with van der Waals surface area (Å²) in [5, 5.41) is 0. The molecule has 3 rings (SSSR count). The molecule has 3 fully saturated rings. The molecule has 0 N–H and O–H groups in total. The minimum absolute atomic E-state index is 0.0305. The van der Waals surface area contributed by atoms with Crippen LogP contribution in [0, 0.1) is 23.7 Å². The molecular weight excluding hydrogens is 292 g/mol. The Kier molecular flexibility index (Phi) is 5.39. The number of carbonyl (C=O) groups is 2. The Bertz CT molecular complexity index is 458. The Morgan fingerprint density at radius 1 is 1.22 bits per heavy atom. The van der Waals surface area contributed by atoms with Crippen LogP contribution in [-0.4, -0.2) is 24.6 Å². The van der Waals surface area contributed by atoms with Crippen LogP contribution in [0.15, 0.2) is 12.7 Å². The van der Waals surface area contributed by atoms with Crippen molar-refractivity contribution >= 4 is 11.9 Å². The summed E-state index contributed by atoms with van der Waals surface area (Å²) in [6.07, 6.45) is 11.7. The molecule has 0 aromatic carbocycles. The topological polar surface area (TPSA) is 52.6 Å². The molecule has 23 heavy (non-hydrogen) atoms. The molecule has 2 aliphatic carbocycles. The second-order valence-corrected chi connectivity index (χ2v) is 7.57. The summed E-state index contributed by atoms with van der Waals surface area (Å²) in [6.45, 7) is 4.11. The molecule has 128 valence electrons. The Labute approximate surface area is 138 Å². The van der Waals surface area contributed by atoms with Gasteiger partial charge in [-0.15, -0.1) is 0 Å². The number of fused-ring (bicyclic) bond motifs is 2. The van der Waals surface area contributed by atoms with Crippen molar-refractivity contribution in [2.75, 3.05) is 6.61 Å². The van der Waals surface area contributed by atoms with Gasteiger partial charge in [-0.1, -0.05) is 32.3 Å². The molecule has 1 saturated heterocycles. The van der Waals surface area contributed by atoms with Crippen molar-refractivity contribution in [2.24, 2.45) is 23.7 Å². The fourth-order valence-corrected chi connectivity index (χ4v) is 4.86. The maximum absolute atomic E-state index is 11.4. The van der Waals surface area contributed by atoms with Gasteiger partial charge in [0.05, 0.1) is 13.0 Å². The summed E-state index contributed by atoms with van der Waals surface area (Å²) in [5.41, 5.74) is 0. The monoisotopic (exact) mass is 320 g/mol. The van der Waals surface area contributed by atoms with Crippen molar-refractivity contribution in [3.05, 3.63) is 12.7 Å². The number of hydrogen-bond acceptors (Lipinski definition) is 4. The lowest BCUT2D eigenvalue weighted by Crippen LogP contribution is -2.29. The van der Waals surface area contributed by atoms with Crippen LogP contribution < -0.4 is 0 Å². The Balaban J connectivity index is 1.32. The van der Waals surface area contributed by atoms with E-state index in [0.29, 0.717) is 24.9 Å². The van der Waals surface area contributed by atoms with Gasteiger partial charge in [0.2, 0.25) is 0 Å². The van der Waals surface area contributed by atoms with E-state index in [0.717, 1.165) is 24.7 Å². The van der Waals surface area contributed by atoms with Crippen molar-refractivity contribution in [3.63, 3.8) is 0 Å². The Hall–Kier alpha value is -1.32. The van der Waals surface area contributed by atoms with Crippen LogP contribution in [0.5, 0.6) is 0 Å². The minimum Gasteiger partial charge on any atom is -0.465 e. The average molecular weight is 320 g/mol. The van der Waals surface area contributed by atoms with Gasteiger partial charge in [-0.2, -0.15) is 0 Å². The molecule has 0 amide bonds. The number of rotatable bonds is 8. The lowest BCUT2D eigenvalue weighted by atomic mass is 9.83. The third-order valence-electron chi connectivity index (χ3n) is 5.95. The van der Waals surface area contributed by atoms with Crippen LogP contribution in [0.3, 0.4) is 0 Å². The van der Waals surface area contributed by atoms with E-state index in [1.54, 1.807) is 0 Å². The first-order valence-corrected chi connectivity index (χ1v) is 9.14. The van der Waals surface area contributed by atoms with E-state index in [1.165, 1.54) is 44.6 Å². The van der Waals surface area contributed by atoms with Gasteiger partial charge in [0.25, 0.3) is 0 Å². The molecule has 5 atom stereocenters. The number of carbonyl (C=O) groups excluding carboxylic acids is 2. The van der Waals surface area contributed by atoms with Gasteiger partial charge in [0.1, 0.15) is 6.10 Å². The molecule has 1 aliphatic heterocycles. The van der Waals surface area contributed by atoms with Crippen LogP contribution >= 0.6 is 0 Å². The molecule has 0 aromatic rings. The average Bonchev–Trinajstić information content (AvgIpc) is 3.22. The minimum atomic E-state index is -0.269. The molecule has 5 unspecified atom stereocenters. The normalized spacial score (nSPS) is 35.3. The van der Waals surface area contributed by atoms with Crippen molar-refractivity contribution in [2.45, 2.75) is 63.9 Å². The first-order chi connectivity index (χ1) is 11.2. The number of cyclic esters (lactones) is 1. The molecular formula is C19H28O4. The van der Waals surface area contributed by atoms with Crippen LogP contribution in [0.4, 0.5) is 0 Å². The predicted octanol–water partition coefficient (Wildman–Crippen LogP) is 3.64. The lowest BCUT2D eigenvalue weighted by Gasteiger charge is -2.29. The highest BCUT2D eigenvalue weighted by Gasteiger charge is 2.47. The highest BCUT2D eigenvalue weighted by atomic mass is 16.5. The van der Waals surface area contributed by atoms with E-state index in [4.69, 9.17) is 9.47 Å². The lowest BCUT2D eigenvalue weighted by molar-refractivity contribution is -0.146. The zero-order chi connectivity index (χ0) is 16.2. The number of hydrogen-bond donors (Lipinski definition) is 0. The molecule has 0 radical (unpaired) electrons. The second kappa shape index (κ2) is 7.50. The highest BCUT2D eigenvalue weighted by Crippen LogP contribution is 2.51. The van der Waals surface area contributed by atoms with E-state index in [-0.39, 0.29) is 18.0 Å². The van der Waals surface area contributed by atoms with Gasteiger partial charge in [0.15, 0.2) is 0 Å². The zero-order valence-corrected chi connectivity index (χ0v) is 13.9. The Morgan fingerprint density at radius 3 is 2.74 bits per heavy atom. The SMILES string of the molecule is C=CC(=O)OC1CC2CC(CCCCCC3COC(=O)C3)C1C2. The molecule has 0 spiro atoms. The van der Waals surface area contributed by atoms with Gasteiger partial charge in [-0.3, -0.25) is 4.79 Å². The van der Waals surface area contributed by atoms with Gasteiger partial charge in [0, 0.05) is 12.0 Å². The third kappa shape index (κ3) is 4.15. The van der Waals surface area contributed by atoms with Gasteiger partial charge in [-0.05, 0) is 43.4 Å². The van der Waals surface area contributed by atoms with E-state index < -0.39 is 0 Å². The molecule has 1 heterocycles. The first kappa shape index (κ1) is 16.5. The fraction of sp³-hybridized carbons (Fsp3) is 0.789. The van der Waals surface area contributed by atoms with E-state index in [1.807, 2.05) is 0 Å².